The van der Waals surface area contributed by atoms with Crippen molar-refractivity contribution >= 4 is 85.4 Å². The number of thioether (sulfide) groups is 2. The van der Waals surface area contributed by atoms with Crippen LogP contribution < -0.4 is 4.74 Å². The highest BCUT2D eigenvalue weighted by Gasteiger charge is 2.41. The van der Waals surface area contributed by atoms with E-state index in [1.54, 1.807) is 18.2 Å². The minimum atomic E-state index is -3.97. The number of carbonyl (C=O) groups is 3. The molecule has 3 rings (SSSR count). The van der Waals surface area contributed by atoms with Gasteiger partial charge in [0.25, 0.3) is 0 Å². The normalized spacial score (nSPS) is 13.5. The highest BCUT2D eigenvalue weighted by atomic mass is 32.2. The summed E-state index contributed by atoms with van der Waals surface area (Å²) in [5, 5.41) is 0.0996. The number of rotatable bonds is 20. The highest BCUT2D eigenvalue weighted by molar-refractivity contribution is 8.14. The molecule has 0 atom stereocenters. The van der Waals surface area contributed by atoms with Gasteiger partial charge >= 0.3 is 13.6 Å². The lowest BCUT2D eigenvalue weighted by Crippen LogP contribution is -2.44. The molecule has 0 aliphatic heterocycles. The number of hydrogen-bond acceptors (Lipinski definition) is 12. The highest BCUT2D eigenvalue weighted by Crippen LogP contribution is 2.52. The molecule has 348 valence electrons. The third kappa shape index (κ3) is 14.0. The Morgan fingerprint density at radius 2 is 1.08 bits per heavy atom. The lowest BCUT2D eigenvalue weighted by atomic mass is 9.97. The Morgan fingerprint density at radius 3 is 1.50 bits per heavy atom. The van der Waals surface area contributed by atoms with Crippen LogP contribution in [0.1, 0.15) is 84.5 Å². The van der Waals surface area contributed by atoms with Crippen LogP contribution in [0.25, 0.3) is 10.1 Å². The maximum Gasteiger partial charge on any atom is 0.353 e. The van der Waals surface area contributed by atoms with Crippen LogP contribution in [0.4, 0.5) is 22.0 Å². The molecule has 3 aromatic rings. The van der Waals surface area contributed by atoms with E-state index in [0.29, 0.717) is 15.6 Å². The maximum atomic E-state index is 14.4. The zero-order chi connectivity index (χ0) is 47.4. The smallest absolute Gasteiger partial charge is 0.353 e. The van der Waals surface area contributed by atoms with Crippen LogP contribution in [0.2, 0.25) is 36.3 Å². The molecule has 0 aliphatic carbocycles. The van der Waals surface area contributed by atoms with Crippen LogP contribution in [0.3, 0.4) is 0 Å². The average molecular weight is 987 g/mol. The molecule has 0 saturated carbocycles. The molecular formula is C42H60F5O9PS3Si2. The summed E-state index contributed by atoms with van der Waals surface area (Å²) in [5.74, 6) is -14.3. The van der Waals surface area contributed by atoms with E-state index in [1.165, 1.54) is 6.07 Å². The van der Waals surface area contributed by atoms with Gasteiger partial charge in [-0.15, -0.1) is 11.3 Å². The second-order valence-corrected chi connectivity index (χ2v) is 34.2. The van der Waals surface area contributed by atoms with Crippen molar-refractivity contribution in [3.05, 3.63) is 63.8 Å². The minimum absolute atomic E-state index is 0.0340. The molecule has 1 heterocycles. The van der Waals surface area contributed by atoms with Gasteiger partial charge in [-0.3, -0.25) is 14.2 Å². The monoisotopic (exact) mass is 986 g/mol. The number of ether oxygens (including phenoxy) is 1. The molecule has 62 heavy (non-hydrogen) atoms. The van der Waals surface area contributed by atoms with E-state index in [9.17, 15) is 40.9 Å². The molecule has 0 amide bonds. The van der Waals surface area contributed by atoms with Gasteiger partial charge in [0, 0.05) is 29.4 Å². The van der Waals surface area contributed by atoms with E-state index < -0.39 is 75.9 Å². The summed E-state index contributed by atoms with van der Waals surface area (Å²) in [6.45, 7) is 28.7. The first kappa shape index (κ1) is 54.4. The number of esters is 1. The summed E-state index contributed by atoms with van der Waals surface area (Å²) in [6, 6.07) is 6.05. The van der Waals surface area contributed by atoms with Gasteiger partial charge in [0.15, 0.2) is 26.9 Å². The maximum absolute atomic E-state index is 14.4. The number of thiophene rings is 1. The Labute approximate surface area is 377 Å². The lowest BCUT2D eigenvalue weighted by Gasteiger charge is -2.38. The zero-order valence-corrected chi connectivity index (χ0v) is 43.3. The van der Waals surface area contributed by atoms with Crippen molar-refractivity contribution < 1.29 is 63.5 Å². The SMILES string of the molecule is CC(C)(CO[Si](C)(C)C(C)(C)C)C(=O)SCCOP(=O)(Cc1ccc2sc(C(=O)Oc3c(F)c(F)c(F)c(F)c3F)cc2c1)OCCSC(=O)C(C)(C)CO[Si](C)(C)C(C)(C)C. The van der Waals surface area contributed by atoms with E-state index in [4.69, 9.17) is 17.9 Å². The fourth-order valence-electron chi connectivity index (χ4n) is 4.75. The van der Waals surface area contributed by atoms with Crippen molar-refractivity contribution in [2.45, 2.75) is 112 Å². The van der Waals surface area contributed by atoms with Gasteiger partial charge in [0.05, 0.1) is 30.2 Å². The number of hydrogen-bond donors (Lipinski definition) is 0. The van der Waals surface area contributed by atoms with Crippen molar-refractivity contribution in [3.8, 4) is 5.75 Å². The summed E-state index contributed by atoms with van der Waals surface area (Å²) in [5.41, 5.74) is -1.16. The number of carbonyl (C=O) groups excluding carboxylic acids is 3. The van der Waals surface area contributed by atoms with Crippen molar-refractivity contribution in [1.29, 1.82) is 0 Å². The largest absolute Gasteiger partial charge is 0.416 e. The number of benzene rings is 2. The van der Waals surface area contributed by atoms with Crippen LogP contribution in [-0.4, -0.2) is 70.8 Å². The molecule has 2 aromatic carbocycles. The summed E-state index contributed by atoms with van der Waals surface area (Å²) in [7, 11) is -8.20. The Hall–Kier alpha value is -1.94. The molecule has 0 saturated heterocycles. The topological polar surface area (TPSA) is 114 Å². The second kappa shape index (κ2) is 20.7. The molecule has 9 nitrogen and oxygen atoms in total. The van der Waals surface area contributed by atoms with Gasteiger partial charge in [0.1, 0.15) is 4.88 Å². The first-order valence-electron chi connectivity index (χ1n) is 19.9. The summed E-state index contributed by atoms with van der Waals surface area (Å²) >= 11 is 2.89. The first-order valence-corrected chi connectivity index (χ1v) is 30.2. The van der Waals surface area contributed by atoms with E-state index in [2.05, 4.69) is 72.5 Å². The third-order valence-corrected chi connectivity index (χ3v) is 25.4. The third-order valence-electron chi connectivity index (χ3n) is 11.0. The van der Waals surface area contributed by atoms with E-state index >= 15 is 0 Å². The van der Waals surface area contributed by atoms with Gasteiger partial charge in [-0.05, 0) is 93.1 Å². The van der Waals surface area contributed by atoms with Gasteiger partial charge in [-0.2, -0.15) is 8.78 Å². The van der Waals surface area contributed by atoms with Gasteiger partial charge < -0.3 is 22.6 Å². The van der Waals surface area contributed by atoms with Gasteiger partial charge in [-0.25, -0.2) is 18.0 Å². The fourth-order valence-corrected chi connectivity index (χ4v) is 11.5. The molecular weight excluding hydrogens is 927 g/mol. The molecule has 0 unspecified atom stereocenters. The van der Waals surface area contributed by atoms with Crippen LogP contribution in [0, 0.1) is 39.9 Å². The van der Waals surface area contributed by atoms with Crippen molar-refractivity contribution in [2.24, 2.45) is 10.8 Å². The zero-order valence-electron chi connectivity index (χ0n) is 38.0. The van der Waals surface area contributed by atoms with E-state index in [-0.39, 0.29) is 69.3 Å². The van der Waals surface area contributed by atoms with Gasteiger partial charge in [0.2, 0.25) is 34.8 Å². The molecule has 0 spiro atoms. The van der Waals surface area contributed by atoms with E-state index in [0.717, 1.165) is 34.9 Å². The number of halogens is 5. The predicted molar refractivity (Wildman–Crippen MR) is 245 cm³/mol. The fraction of sp³-hybridized carbons (Fsp3) is 0.595. The van der Waals surface area contributed by atoms with Crippen LogP contribution >= 0.6 is 42.5 Å². The summed E-state index contributed by atoms with van der Waals surface area (Å²) in [6.07, 6.45) is -0.252. The van der Waals surface area contributed by atoms with Crippen LogP contribution in [-0.2, 0) is 38.2 Å². The lowest BCUT2D eigenvalue weighted by molar-refractivity contribution is -0.120. The predicted octanol–water partition coefficient (Wildman–Crippen LogP) is 13.2. The molecule has 1 aromatic heterocycles. The Morgan fingerprint density at radius 1 is 0.661 bits per heavy atom. The number of fused-ring (bicyclic) bond motifs is 1. The molecule has 20 heteroatoms. The minimum Gasteiger partial charge on any atom is -0.416 e. The van der Waals surface area contributed by atoms with Gasteiger partial charge in [-0.1, -0.05) is 71.1 Å². The van der Waals surface area contributed by atoms with E-state index in [1.807, 2.05) is 27.7 Å². The van der Waals surface area contributed by atoms with Crippen molar-refractivity contribution in [3.63, 3.8) is 0 Å². The molecule has 0 N–H and O–H groups in total. The molecule has 0 bridgehead atoms. The summed E-state index contributed by atoms with van der Waals surface area (Å²) < 4.78 is 113. The van der Waals surface area contributed by atoms with Crippen molar-refractivity contribution in [2.75, 3.05) is 37.9 Å². The van der Waals surface area contributed by atoms with Crippen LogP contribution in [0.15, 0.2) is 24.3 Å². The second-order valence-electron chi connectivity index (χ2n) is 19.3. The average Bonchev–Trinajstić information content (AvgIpc) is 3.59. The Kier molecular flexibility index (Phi) is 18.2. The van der Waals surface area contributed by atoms with Crippen molar-refractivity contribution in [1.82, 2.24) is 0 Å². The molecule has 0 radical (unpaired) electrons. The Balaban J connectivity index is 1.76. The summed E-state index contributed by atoms with van der Waals surface area (Å²) in [4.78, 5) is 39.2. The molecule has 0 fully saturated rings. The standard InChI is InChI=1S/C42H60F5O9PS3Si2/c1-39(2,3)61(11,12)54-24-41(7,8)37(49)58-19-17-52-57(51,53-18-20-59-38(50)42(9,10)25-55-62(13,14)40(4,5)6)23-26-15-16-28-27(21-26)22-29(60-28)36(48)56-35-33(46)31(44)30(43)32(45)34(35)47/h15-16,21-22H,17-20,23-25H2,1-14H3. The van der Waals surface area contributed by atoms with Crippen LogP contribution in [0.5, 0.6) is 5.75 Å². The Bertz CT molecular complexity index is 2070. The molecule has 0 aliphatic rings. The quantitative estimate of drug-likeness (QED) is 0.0158. The first-order chi connectivity index (χ1) is 28.1.